The van der Waals surface area contributed by atoms with Gasteiger partial charge in [-0.05, 0) is 25.5 Å². The van der Waals surface area contributed by atoms with Crippen LogP contribution in [0.5, 0.6) is 0 Å². The minimum absolute atomic E-state index is 0.0918. The van der Waals surface area contributed by atoms with Crippen molar-refractivity contribution in [3.63, 3.8) is 0 Å². The maximum atomic E-state index is 11.8. The van der Waals surface area contributed by atoms with Gasteiger partial charge in [-0.15, -0.1) is 0 Å². The van der Waals surface area contributed by atoms with E-state index >= 15 is 0 Å². The summed E-state index contributed by atoms with van der Waals surface area (Å²) in [6, 6.07) is 3.69. The molecule has 2 heterocycles. The van der Waals surface area contributed by atoms with E-state index in [1.54, 1.807) is 18.1 Å². The maximum absolute atomic E-state index is 11.8. The van der Waals surface area contributed by atoms with Gasteiger partial charge < -0.3 is 14.4 Å². The van der Waals surface area contributed by atoms with Crippen molar-refractivity contribution in [1.82, 2.24) is 4.90 Å². The first kappa shape index (κ1) is 11.2. The zero-order valence-corrected chi connectivity index (χ0v) is 9.48. The number of nitrogens with zero attached hydrogens (tertiary/aromatic N) is 1. The molecule has 0 aromatic carbocycles. The van der Waals surface area contributed by atoms with Crippen LogP contribution in [0.25, 0.3) is 0 Å². The van der Waals surface area contributed by atoms with E-state index in [0.29, 0.717) is 32.4 Å². The molecule has 1 amide bonds. The fraction of sp³-hybridized carbons (Fsp3) is 0.583. The maximum Gasteiger partial charge on any atom is 0.223 e. The molecule has 0 bridgehead atoms. The summed E-state index contributed by atoms with van der Waals surface area (Å²) >= 11 is 0. The molecule has 1 atom stereocenters. The lowest BCUT2D eigenvalue weighted by molar-refractivity contribution is -0.131. The number of furan rings is 1. The van der Waals surface area contributed by atoms with Gasteiger partial charge in [0.1, 0.15) is 5.76 Å². The highest BCUT2D eigenvalue weighted by Crippen LogP contribution is 2.21. The monoisotopic (exact) mass is 223 g/mol. The Bertz CT molecular complexity index is 356. The van der Waals surface area contributed by atoms with E-state index in [9.17, 15) is 9.90 Å². The zero-order valence-electron chi connectivity index (χ0n) is 9.48. The quantitative estimate of drug-likeness (QED) is 0.837. The van der Waals surface area contributed by atoms with Crippen molar-refractivity contribution in [3.8, 4) is 0 Å². The number of carbonyl (C=O) groups is 1. The molecule has 1 aromatic heterocycles. The average molecular weight is 223 g/mol. The predicted octanol–water partition coefficient (Wildman–Crippen LogP) is 1.20. The molecule has 1 aliphatic heterocycles. The Morgan fingerprint density at radius 3 is 3.06 bits per heavy atom. The molecular formula is C12H17NO3. The van der Waals surface area contributed by atoms with Crippen molar-refractivity contribution in [3.05, 3.63) is 24.2 Å². The Morgan fingerprint density at radius 1 is 1.69 bits per heavy atom. The van der Waals surface area contributed by atoms with Crippen LogP contribution in [0.15, 0.2) is 22.8 Å². The summed E-state index contributed by atoms with van der Waals surface area (Å²) in [6.07, 6.45) is 3.36. The average Bonchev–Trinajstić information content (AvgIpc) is 2.83. The fourth-order valence-corrected chi connectivity index (χ4v) is 2.00. The molecular weight excluding hydrogens is 206 g/mol. The van der Waals surface area contributed by atoms with Gasteiger partial charge >= 0.3 is 0 Å². The highest BCUT2D eigenvalue weighted by atomic mass is 16.3. The summed E-state index contributed by atoms with van der Waals surface area (Å²) in [5, 5.41) is 9.75. The largest absolute Gasteiger partial charge is 0.469 e. The standard InChI is InChI=1S/C12H17NO3/c1-12(15)6-7-13(9-12)11(14)5-4-10-3-2-8-16-10/h2-3,8,15H,4-7,9H2,1H3. The van der Waals surface area contributed by atoms with Crippen molar-refractivity contribution in [2.24, 2.45) is 0 Å². The predicted molar refractivity (Wildman–Crippen MR) is 58.8 cm³/mol. The number of hydrogen-bond acceptors (Lipinski definition) is 3. The molecule has 88 valence electrons. The van der Waals surface area contributed by atoms with Crippen molar-refractivity contribution in [2.75, 3.05) is 13.1 Å². The molecule has 1 aromatic rings. The third-order valence-corrected chi connectivity index (χ3v) is 2.97. The third-order valence-electron chi connectivity index (χ3n) is 2.97. The van der Waals surface area contributed by atoms with E-state index in [4.69, 9.17) is 4.42 Å². The summed E-state index contributed by atoms with van der Waals surface area (Å²) in [4.78, 5) is 13.5. The zero-order chi connectivity index (χ0) is 11.6. The normalized spacial score (nSPS) is 25.0. The first-order chi connectivity index (χ1) is 7.57. The smallest absolute Gasteiger partial charge is 0.223 e. The Labute approximate surface area is 94.9 Å². The van der Waals surface area contributed by atoms with Crippen LogP contribution in [0.3, 0.4) is 0 Å². The number of hydrogen-bond donors (Lipinski definition) is 1. The second-order valence-corrected chi connectivity index (χ2v) is 4.64. The van der Waals surface area contributed by atoms with E-state index < -0.39 is 5.60 Å². The number of likely N-dealkylation sites (tertiary alicyclic amines) is 1. The molecule has 16 heavy (non-hydrogen) atoms. The minimum atomic E-state index is -0.708. The third kappa shape index (κ3) is 2.64. The van der Waals surface area contributed by atoms with Gasteiger partial charge in [0, 0.05) is 25.9 Å². The van der Waals surface area contributed by atoms with Crippen LogP contribution in [0, 0.1) is 0 Å². The number of amides is 1. The highest BCUT2D eigenvalue weighted by molar-refractivity contribution is 5.76. The van der Waals surface area contributed by atoms with E-state index in [2.05, 4.69) is 0 Å². The summed E-state index contributed by atoms with van der Waals surface area (Å²) < 4.78 is 5.17. The number of rotatable bonds is 3. The number of aryl methyl sites for hydroxylation is 1. The lowest BCUT2D eigenvalue weighted by Gasteiger charge is -2.18. The van der Waals surface area contributed by atoms with Crippen LogP contribution in [0.4, 0.5) is 0 Å². The van der Waals surface area contributed by atoms with Crippen molar-refractivity contribution >= 4 is 5.91 Å². The highest BCUT2D eigenvalue weighted by Gasteiger charge is 2.33. The van der Waals surface area contributed by atoms with Gasteiger partial charge in [0.25, 0.3) is 0 Å². The van der Waals surface area contributed by atoms with Gasteiger partial charge in [-0.25, -0.2) is 0 Å². The summed E-state index contributed by atoms with van der Waals surface area (Å²) in [6.45, 7) is 2.88. The van der Waals surface area contributed by atoms with Crippen LogP contribution in [-0.4, -0.2) is 34.6 Å². The second-order valence-electron chi connectivity index (χ2n) is 4.64. The molecule has 1 N–H and O–H groups in total. The van der Waals surface area contributed by atoms with Crippen LogP contribution >= 0.6 is 0 Å². The molecule has 0 saturated carbocycles. The minimum Gasteiger partial charge on any atom is -0.469 e. The fourth-order valence-electron chi connectivity index (χ4n) is 2.00. The molecule has 4 heteroatoms. The summed E-state index contributed by atoms with van der Waals surface area (Å²) in [7, 11) is 0. The molecule has 0 aliphatic carbocycles. The van der Waals surface area contributed by atoms with Crippen LogP contribution in [-0.2, 0) is 11.2 Å². The molecule has 1 unspecified atom stereocenters. The first-order valence-electron chi connectivity index (χ1n) is 5.59. The molecule has 1 aliphatic rings. The van der Waals surface area contributed by atoms with Crippen molar-refractivity contribution < 1.29 is 14.3 Å². The molecule has 4 nitrogen and oxygen atoms in total. The molecule has 0 radical (unpaired) electrons. The summed E-state index contributed by atoms with van der Waals surface area (Å²) in [5.74, 6) is 0.925. The van der Waals surface area contributed by atoms with Crippen LogP contribution in [0.2, 0.25) is 0 Å². The second kappa shape index (κ2) is 4.29. The molecule has 1 fully saturated rings. The van der Waals surface area contributed by atoms with Gasteiger partial charge in [0.15, 0.2) is 0 Å². The topological polar surface area (TPSA) is 53.7 Å². The van der Waals surface area contributed by atoms with E-state index in [1.165, 1.54) is 0 Å². The van der Waals surface area contributed by atoms with Gasteiger partial charge in [-0.3, -0.25) is 4.79 Å². The van der Waals surface area contributed by atoms with E-state index in [0.717, 1.165) is 5.76 Å². The van der Waals surface area contributed by atoms with Gasteiger partial charge in [-0.1, -0.05) is 0 Å². The van der Waals surface area contributed by atoms with Crippen LogP contribution < -0.4 is 0 Å². The summed E-state index contributed by atoms with van der Waals surface area (Å²) in [5.41, 5.74) is -0.708. The Kier molecular flexibility index (Phi) is 3.01. The lowest BCUT2D eigenvalue weighted by Crippen LogP contribution is -2.33. The number of carbonyl (C=O) groups excluding carboxylic acids is 1. The number of aliphatic hydroxyl groups is 1. The van der Waals surface area contributed by atoms with Crippen molar-refractivity contribution in [1.29, 1.82) is 0 Å². The number of β-amino-alcohol motifs (C(OH)–C–C–N with tert-alkyl or cyclic N) is 1. The molecule has 2 rings (SSSR count). The Morgan fingerprint density at radius 2 is 2.50 bits per heavy atom. The lowest BCUT2D eigenvalue weighted by atomic mass is 10.1. The first-order valence-corrected chi connectivity index (χ1v) is 5.59. The van der Waals surface area contributed by atoms with Gasteiger partial charge in [-0.2, -0.15) is 0 Å². The molecule has 1 saturated heterocycles. The van der Waals surface area contributed by atoms with E-state index in [-0.39, 0.29) is 5.91 Å². The van der Waals surface area contributed by atoms with Gasteiger partial charge in [0.2, 0.25) is 5.91 Å². The Hall–Kier alpha value is -1.29. The molecule has 0 spiro atoms. The SMILES string of the molecule is CC1(O)CCN(C(=O)CCc2ccco2)C1. The Balaban J connectivity index is 1.81. The van der Waals surface area contributed by atoms with E-state index in [1.807, 2.05) is 12.1 Å². The van der Waals surface area contributed by atoms with Gasteiger partial charge in [0.05, 0.1) is 11.9 Å². The van der Waals surface area contributed by atoms with Crippen molar-refractivity contribution in [2.45, 2.75) is 31.8 Å². The van der Waals surface area contributed by atoms with Crippen LogP contribution in [0.1, 0.15) is 25.5 Å².